The molecule has 1 saturated heterocycles. The van der Waals surface area contributed by atoms with Crippen molar-refractivity contribution in [1.82, 2.24) is 24.2 Å². The van der Waals surface area contributed by atoms with E-state index in [2.05, 4.69) is 36.9 Å². The Labute approximate surface area is 149 Å². The molecule has 1 amide bonds. The fraction of sp³-hybridized carbons (Fsp3) is 0.562. The standard InChI is InChI=1S/C16H20IN5O/c1-11(23)20-4-6-21(7-5-20)13-8-12(9-13)15-14-10-18-2-3-22(14)16(17)19-15/h2-3,10,12-13H,4-9H2,1H3. The first-order valence-electron chi connectivity index (χ1n) is 8.10. The first-order chi connectivity index (χ1) is 11.1. The minimum absolute atomic E-state index is 0.197. The van der Waals surface area contributed by atoms with Crippen molar-refractivity contribution in [1.29, 1.82) is 0 Å². The Morgan fingerprint density at radius 2 is 2.00 bits per heavy atom. The van der Waals surface area contributed by atoms with E-state index in [4.69, 9.17) is 4.98 Å². The van der Waals surface area contributed by atoms with E-state index >= 15 is 0 Å². The highest BCUT2D eigenvalue weighted by Crippen LogP contribution is 2.41. The summed E-state index contributed by atoms with van der Waals surface area (Å²) in [5.74, 6) is 0.733. The molecule has 4 rings (SSSR count). The van der Waals surface area contributed by atoms with Gasteiger partial charge in [0, 0.05) is 80.0 Å². The number of amides is 1. The molecule has 0 unspecified atom stereocenters. The average Bonchev–Trinajstić information content (AvgIpc) is 2.84. The predicted molar refractivity (Wildman–Crippen MR) is 95.3 cm³/mol. The van der Waals surface area contributed by atoms with E-state index in [-0.39, 0.29) is 5.91 Å². The van der Waals surface area contributed by atoms with Gasteiger partial charge in [0.05, 0.1) is 17.4 Å². The molecule has 0 radical (unpaired) electrons. The van der Waals surface area contributed by atoms with Crippen LogP contribution < -0.4 is 0 Å². The number of hydrogen-bond acceptors (Lipinski definition) is 4. The van der Waals surface area contributed by atoms with Gasteiger partial charge in [0.25, 0.3) is 0 Å². The Morgan fingerprint density at radius 3 is 2.70 bits per heavy atom. The van der Waals surface area contributed by atoms with E-state index in [0.29, 0.717) is 12.0 Å². The van der Waals surface area contributed by atoms with Gasteiger partial charge in [0.1, 0.15) is 0 Å². The SMILES string of the molecule is CC(=O)N1CCN(C2CC(c3nc(I)n4ccncc34)C2)CC1. The van der Waals surface area contributed by atoms with Crippen molar-refractivity contribution >= 4 is 34.0 Å². The summed E-state index contributed by atoms with van der Waals surface area (Å²) in [7, 11) is 0. The molecule has 1 saturated carbocycles. The van der Waals surface area contributed by atoms with Crippen LogP contribution in [0.2, 0.25) is 0 Å². The van der Waals surface area contributed by atoms with E-state index in [1.807, 2.05) is 17.3 Å². The highest BCUT2D eigenvalue weighted by Gasteiger charge is 2.38. The summed E-state index contributed by atoms with van der Waals surface area (Å²) in [5.41, 5.74) is 2.34. The zero-order chi connectivity index (χ0) is 16.0. The summed E-state index contributed by atoms with van der Waals surface area (Å²) < 4.78 is 3.12. The molecule has 122 valence electrons. The zero-order valence-corrected chi connectivity index (χ0v) is 15.3. The molecule has 0 aromatic carbocycles. The molecule has 0 bridgehead atoms. The number of nitrogens with zero attached hydrogens (tertiary/aromatic N) is 5. The first kappa shape index (κ1) is 15.3. The van der Waals surface area contributed by atoms with E-state index in [0.717, 1.165) is 48.4 Å². The van der Waals surface area contributed by atoms with Crippen LogP contribution in [0.4, 0.5) is 0 Å². The second kappa shape index (κ2) is 6.01. The fourth-order valence-electron chi connectivity index (χ4n) is 3.73. The summed E-state index contributed by atoms with van der Waals surface area (Å²) in [6, 6.07) is 0.639. The molecule has 1 aliphatic carbocycles. The average molecular weight is 425 g/mol. The van der Waals surface area contributed by atoms with Crippen molar-refractivity contribution in [3.05, 3.63) is 28.1 Å². The van der Waals surface area contributed by atoms with Crippen molar-refractivity contribution in [2.75, 3.05) is 26.2 Å². The molecule has 2 aromatic heterocycles. The van der Waals surface area contributed by atoms with E-state index in [1.54, 1.807) is 13.1 Å². The van der Waals surface area contributed by atoms with Gasteiger partial charge in [-0.25, -0.2) is 4.98 Å². The normalized spacial score (nSPS) is 25.6. The highest BCUT2D eigenvalue weighted by molar-refractivity contribution is 14.1. The lowest BCUT2D eigenvalue weighted by Crippen LogP contribution is -2.54. The maximum atomic E-state index is 11.4. The summed E-state index contributed by atoms with van der Waals surface area (Å²) >= 11 is 2.29. The molecule has 2 aromatic rings. The van der Waals surface area contributed by atoms with E-state index in [9.17, 15) is 4.79 Å². The number of carbonyl (C=O) groups excluding carboxylic acids is 1. The van der Waals surface area contributed by atoms with Crippen LogP contribution in [0.15, 0.2) is 18.6 Å². The molecule has 1 aliphatic heterocycles. The van der Waals surface area contributed by atoms with Gasteiger partial charge in [-0.15, -0.1) is 0 Å². The van der Waals surface area contributed by atoms with Crippen LogP contribution in [0.3, 0.4) is 0 Å². The number of imidazole rings is 1. The van der Waals surface area contributed by atoms with Gasteiger partial charge >= 0.3 is 0 Å². The quantitative estimate of drug-likeness (QED) is 0.689. The van der Waals surface area contributed by atoms with Crippen molar-refractivity contribution < 1.29 is 4.79 Å². The molecule has 0 atom stereocenters. The van der Waals surface area contributed by atoms with Gasteiger partial charge in [-0.1, -0.05) is 0 Å². The van der Waals surface area contributed by atoms with Crippen molar-refractivity contribution in [2.24, 2.45) is 0 Å². The lowest BCUT2D eigenvalue weighted by atomic mass is 9.77. The van der Waals surface area contributed by atoms with Crippen LogP contribution >= 0.6 is 22.6 Å². The molecule has 7 heteroatoms. The van der Waals surface area contributed by atoms with Gasteiger partial charge in [-0.05, 0) is 12.8 Å². The Kier molecular flexibility index (Phi) is 4.00. The molecular weight excluding hydrogens is 405 g/mol. The lowest BCUT2D eigenvalue weighted by molar-refractivity contribution is -0.131. The van der Waals surface area contributed by atoms with Crippen LogP contribution in [0.1, 0.15) is 31.4 Å². The van der Waals surface area contributed by atoms with Crippen molar-refractivity contribution in [3.63, 3.8) is 0 Å². The summed E-state index contributed by atoms with van der Waals surface area (Å²) in [6.45, 7) is 5.39. The van der Waals surface area contributed by atoms with E-state index < -0.39 is 0 Å². The molecule has 0 N–H and O–H groups in total. The number of piperazine rings is 1. The van der Waals surface area contributed by atoms with Gasteiger partial charge in [-0.2, -0.15) is 0 Å². The number of halogens is 1. The molecular formula is C16H20IN5O. The molecule has 2 aliphatic rings. The first-order valence-corrected chi connectivity index (χ1v) is 9.18. The molecule has 0 spiro atoms. The van der Waals surface area contributed by atoms with Crippen LogP contribution in [0.25, 0.3) is 5.52 Å². The van der Waals surface area contributed by atoms with Crippen LogP contribution in [-0.4, -0.2) is 62.3 Å². The Hall–Kier alpha value is -1.22. The summed E-state index contributed by atoms with van der Waals surface area (Å²) in [4.78, 5) is 24.9. The molecule has 23 heavy (non-hydrogen) atoms. The number of carbonyl (C=O) groups is 1. The maximum absolute atomic E-state index is 11.4. The second-order valence-electron chi connectivity index (χ2n) is 6.46. The number of fused-ring (bicyclic) bond motifs is 1. The number of hydrogen-bond donors (Lipinski definition) is 0. The number of aromatic nitrogens is 3. The monoisotopic (exact) mass is 425 g/mol. The zero-order valence-electron chi connectivity index (χ0n) is 13.2. The third kappa shape index (κ3) is 2.73. The maximum Gasteiger partial charge on any atom is 0.219 e. The third-order valence-corrected chi connectivity index (χ3v) is 5.97. The van der Waals surface area contributed by atoms with Gasteiger partial charge in [-0.3, -0.25) is 19.1 Å². The summed E-state index contributed by atoms with van der Waals surface area (Å²) in [5, 5.41) is 0. The van der Waals surface area contributed by atoms with Gasteiger partial charge < -0.3 is 4.90 Å². The highest BCUT2D eigenvalue weighted by atomic mass is 127. The van der Waals surface area contributed by atoms with Gasteiger partial charge in [0.15, 0.2) is 3.83 Å². The molecule has 3 heterocycles. The minimum atomic E-state index is 0.197. The van der Waals surface area contributed by atoms with Crippen LogP contribution in [0, 0.1) is 3.83 Å². The van der Waals surface area contributed by atoms with Crippen molar-refractivity contribution in [2.45, 2.75) is 31.7 Å². The summed E-state index contributed by atoms with van der Waals surface area (Å²) in [6.07, 6.45) is 8.03. The van der Waals surface area contributed by atoms with E-state index in [1.165, 1.54) is 5.69 Å². The Morgan fingerprint density at radius 1 is 1.26 bits per heavy atom. The predicted octanol–water partition coefficient (Wildman–Crippen LogP) is 1.74. The lowest BCUT2D eigenvalue weighted by Gasteiger charge is -2.46. The third-order valence-electron chi connectivity index (χ3n) is 5.21. The van der Waals surface area contributed by atoms with Gasteiger partial charge in [0.2, 0.25) is 5.91 Å². The largest absolute Gasteiger partial charge is 0.340 e. The minimum Gasteiger partial charge on any atom is -0.340 e. The number of rotatable bonds is 2. The topological polar surface area (TPSA) is 53.7 Å². The van der Waals surface area contributed by atoms with Crippen LogP contribution in [0.5, 0.6) is 0 Å². The molecule has 6 nitrogen and oxygen atoms in total. The molecule has 2 fully saturated rings. The smallest absolute Gasteiger partial charge is 0.219 e. The van der Waals surface area contributed by atoms with Crippen LogP contribution in [-0.2, 0) is 4.79 Å². The van der Waals surface area contributed by atoms with Crippen molar-refractivity contribution in [3.8, 4) is 0 Å². The second-order valence-corrected chi connectivity index (χ2v) is 7.43. The Bertz CT molecular complexity index is 731. The Balaban J connectivity index is 1.41. The fourth-order valence-corrected chi connectivity index (χ4v) is 4.41.